The molecule has 0 heterocycles. The van der Waals surface area contributed by atoms with Crippen LogP contribution >= 0.6 is 0 Å². The van der Waals surface area contributed by atoms with E-state index in [4.69, 9.17) is 5.11 Å². The van der Waals surface area contributed by atoms with Crippen molar-refractivity contribution < 1.29 is 20.1 Å². The Kier molecular flexibility index (Phi) is 10.3. The second kappa shape index (κ2) is 11.0. The summed E-state index contributed by atoms with van der Waals surface area (Å²) in [4.78, 5) is 10.3. The molecule has 0 aliphatic rings. The van der Waals surface area contributed by atoms with Crippen molar-refractivity contribution in [3.63, 3.8) is 0 Å². The second-order valence-corrected chi connectivity index (χ2v) is 4.24. The molecule has 0 rings (SSSR count). The standard InChI is InChI=1S/C14H24O4/c1-2-3-4-5-6-7-9-12(15)13(16)10-8-11-14(17)18/h3-4,6-7,12-13,15-16H,2,5,8-11H2,1H3,(H,17,18)/b4-3-,7-6-/t12-,13-/m0/s1. The van der Waals surface area contributed by atoms with Gasteiger partial charge in [-0.3, -0.25) is 4.79 Å². The molecule has 0 radical (unpaired) electrons. The van der Waals surface area contributed by atoms with E-state index in [0.29, 0.717) is 19.3 Å². The van der Waals surface area contributed by atoms with Crippen LogP contribution in [0.4, 0.5) is 0 Å². The molecule has 0 fully saturated rings. The smallest absolute Gasteiger partial charge is 0.303 e. The van der Waals surface area contributed by atoms with Crippen molar-refractivity contribution in [2.24, 2.45) is 0 Å². The number of aliphatic hydroxyl groups is 2. The summed E-state index contributed by atoms with van der Waals surface area (Å²) < 4.78 is 0. The fourth-order valence-corrected chi connectivity index (χ4v) is 1.49. The molecule has 0 spiro atoms. The van der Waals surface area contributed by atoms with Crippen LogP contribution in [0.25, 0.3) is 0 Å². The van der Waals surface area contributed by atoms with Gasteiger partial charge in [-0.15, -0.1) is 0 Å². The van der Waals surface area contributed by atoms with Crippen molar-refractivity contribution in [1.29, 1.82) is 0 Å². The van der Waals surface area contributed by atoms with E-state index in [1.165, 1.54) is 0 Å². The van der Waals surface area contributed by atoms with Crippen LogP contribution in [-0.2, 0) is 4.79 Å². The third-order valence-electron chi connectivity index (χ3n) is 2.55. The van der Waals surface area contributed by atoms with E-state index in [-0.39, 0.29) is 6.42 Å². The average Bonchev–Trinajstić information content (AvgIpc) is 2.32. The Hall–Kier alpha value is -1.13. The van der Waals surface area contributed by atoms with E-state index in [9.17, 15) is 15.0 Å². The molecule has 4 heteroatoms. The molecule has 0 aromatic rings. The molecule has 0 saturated heterocycles. The van der Waals surface area contributed by atoms with Gasteiger partial charge in [-0.2, -0.15) is 0 Å². The predicted molar refractivity (Wildman–Crippen MR) is 71.3 cm³/mol. The van der Waals surface area contributed by atoms with Crippen LogP contribution in [0.15, 0.2) is 24.3 Å². The van der Waals surface area contributed by atoms with Crippen molar-refractivity contribution in [3.8, 4) is 0 Å². The Morgan fingerprint density at radius 1 is 1.11 bits per heavy atom. The number of carboxylic acid groups (broad SMARTS) is 1. The quantitative estimate of drug-likeness (QED) is 0.524. The molecule has 0 saturated carbocycles. The number of hydrogen-bond acceptors (Lipinski definition) is 3. The van der Waals surface area contributed by atoms with Gasteiger partial charge in [-0.05, 0) is 32.1 Å². The zero-order valence-electron chi connectivity index (χ0n) is 11.0. The minimum atomic E-state index is -0.876. The first kappa shape index (κ1) is 16.9. The molecule has 0 aromatic heterocycles. The van der Waals surface area contributed by atoms with Gasteiger partial charge in [0.2, 0.25) is 0 Å². The van der Waals surface area contributed by atoms with Crippen molar-refractivity contribution in [3.05, 3.63) is 24.3 Å². The lowest BCUT2D eigenvalue weighted by molar-refractivity contribution is -0.137. The van der Waals surface area contributed by atoms with E-state index in [1.807, 2.05) is 18.2 Å². The molecule has 3 N–H and O–H groups in total. The largest absolute Gasteiger partial charge is 0.481 e. The van der Waals surface area contributed by atoms with Gasteiger partial charge < -0.3 is 15.3 Å². The lowest BCUT2D eigenvalue weighted by atomic mass is 10.0. The molecule has 0 aliphatic carbocycles. The Morgan fingerprint density at radius 3 is 2.39 bits per heavy atom. The van der Waals surface area contributed by atoms with Crippen LogP contribution in [0.5, 0.6) is 0 Å². The van der Waals surface area contributed by atoms with Gasteiger partial charge in [-0.25, -0.2) is 0 Å². The number of carbonyl (C=O) groups is 1. The first-order valence-electron chi connectivity index (χ1n) is 6.45. The maximum absolute atomic E-state index is 10.3. The molecule has 0 aliphatic heterocycles. The monoisotopic (exact) mass is 256 g/mol. The van der Waals surface area contributed by atoms with E-state index < -0.39 is 18.2 Å². The molecule has 0 bridgehead atoms. The number of aliphatic carboxylic acids is 1. The van der Waals surface area contributed by atoms with Crippen LogP contribution in [0.2, 0.25) is 0 Å². The summed E-state index contributed by atoms with van der Waals surface area (Å²) in [5.41, 5.74) is 0. The topological polar surface area (TPSA) is 77.8 Å². The first-order valence-corrected chi connectivity index (χ1v) is 6.45. The molecule has 2 atom stereocenters. The Bertz CT molecular complexity index is 271. The normalized spacial score (nSPS) is 15.3. The summed E-state index contributed by atoms with van der Waals surface area (Å²) in [6, 6.07) is 0. The van der Waals surface area contributed by atoms with E-state index >= 15 is 0 Å². The minimum Gasteiger partial charge on any atom is -0.481 e. The summed E-state index contributed by atoms with van der Waals surface area (Å²) in [5.74, 6) is -0.876. The maximum Gasteiger partial charge on any atom is 0.303 e. The Balaban J connectivity index is 3.69. The molecule has 18 heavy (non-hydrogen) atoms. The Labute approximate surface area is 109 Å². The second-order valence-electron chi connectivity index (χ2n) is 4.24. The first-order chi connectivity index (χ1) is 8.57. The van der Waals surface area contributed by atoms with Gasteiger partial charge >= 0.3 is 5.97 Å². The summed E-state index contributed by atoms with van der Waals surface area (Å²) in [6.07, 6.45) is 9.21. The SMILES string of the molecule is CC/C=C\C/C=C\C[C@H](O)[C@@H](O)CCCC(=O)O. The predicted octanol–water partition coefficient (Wildman–Crippen LogP) is 2.27. The molecular weight excluding hydrogens is 232 g/mol. The third-order valence-corrected chi connectivity index (χ3v) is 2.55. The van der Waals surface area contributed by atoms with Crippen molar-refractivity contribution in [2.45, 2.75) is 57.7 Å². The molecule has 104 valence electrons. The maximum atomic E-state index is 10.3. The highest BCUT2D eigenvalue weighted by molar-refractivity contribution is 5.66. The van der Waals surface area contributed by atoms with Gasteiger partial charge in [0.05, 0.1) is 12.2 Å². The van der Waals surface area contributed by atoms with Gasteiger partial charge in [0.15, 0.2) is 0 Å². The zero-order chi connectivity index (χ0) is 13.8. The molecule has 4 nitrogen and oxygen atoms in total. The molecule has 0 amide bonds. The molecule has 0 unspecified atom stereocenters. The van der Waals surface area contributed by atoms with Crippen LogP contribution in [0, 0.1) is 0 Å². The summed E-state index contributed by atoms with van der Waals surface area (Å²) in [5, 5.41) is 27.6. The average molecular weight is 256 g/mol. The minimum absolute atomic E-state index is 0.0292. The van der Waals surface area contributed by atoms with Crippen LogP contribution in [-0.4, -0.2) is 33.5 Å². The van der Waals surface area contributed by atoms with Crippen LogP contribution in [0.3, 0.4) is 0 Å². The number of aliphatic hydroxyl groups excluding tert-OH is 2. The van der Waals surface area contributed by atoms with Crippen molar-refractivity contribution in [1.82, 2.24) is 0 Å². The van der Waals surface area contributed by atoms with Gasteiger partial charge in [0, 0.05) is 6.42 Å². The highest BCUT2D eigenvalue weighted by Gasteiger charge is 2.14. The van der Waals surface area contributed by atoms with Crippen molar-refractivity contribution >= 4 is 5.97 Å². The zero-order valence-corrected chi connectivity index (χ0v) is 11.0. The number of allylic oxidation sites excluding steroid dienone is 3. The van der Waals surface area contributed by atoms with Gasteiger partial charge in [0.25, 0.3) is 0 Å². The fraction of sp³-hybridized carbons (Fsp3) is 0.643. The number of carboxylic acids is 1. The fourth-order valence-electron chi connectivity index (χ4n) is 1.49. The van der Waals surface area contributed by atoms with Gasteiger partial charge in [-0.1, -0.05) is 31.2 Å². The summed E-state index contributed by atoms with van der Waals surface area (Å²) in [6.45, 7) is 2.07. The van der Waals surface area contributed by atoms with E-state index in [1.54, 1.807) is 0 Å². The highest BCUT2D eigenvalue weighted by atomic mass is 16.4. The lowest BCUT2D eigenvalue weighted by Gasteiger charge is -2.15. The summed E-state index contributed by atoms with van der Waals surface area (Å²) >= 11 is 0. The highest BCUT2D eigenvalue weighted by Crippen LogP contribution is 2.08. The summed E-state index contributed by atoms with van der Waals surface area (Å²) in [7, 11) is 0. The van der Waals surface area contributed by atoms with E-state index in [2.05, 4.69) is 13.0 Å². The third kappa shape index (κ3) is 10.1. The Morgan fingerprint density at radius 2 is 1.78 bits per heavy atom. The van der Waals surface area contributed by atoms with E-state index in [0.717, 1.165) is 12.8 Å². The van der Waals surface area contributed by atoms with Crippen LogP contribution < -0.4 is 0 Å². The molecular formula is C14H24O4. The number of rotatable bonds is 10. The molecule has 0 aromatic carbocycles. The van der Waals surface area contributed by atoms with Crippen molar-refractivity contribution in [2.75, 3.05) is 0 Å². The van der Waals surface area contributed by atoms with Gasteiger partial charge in [0.1, 0.15) is 0 Å². The lowest BCUT2D eigenvalue weighted by Crippen LogP contribution is -2.25. The van der Waals surface area contributed by atoms with Crippen LogP contribution in [0.1, 0.15) is 45.4 Å². The number of hydrogen-bond donors (Lipinski definition) is 3.